The monoisotopic (exact) mass is 662 g/mol. The van der Waals surface area contributed by atoms with E-state index >= 15 is 0 Å². The molecule has 0 bridgehead atoms. The van der Waals surface area contributed by atoms with Crippen LogP contribution in [-0.4, -0.2) is 66.5 Å². The summed E-state index contributed by atoms with van der Waals surface area (Å²) in [7, 11) is -4.19. The van der Waals surface area contributed by atoms with Crippen molar-refractivity contribution in [1.82, 2.24) is 24.2 Å². The number of pyridine rings is 1. The summed E-state index contributed by atoms with van der Waals surface area (Å²) in [5.41, 5.74) is 5.13. The Kier molecular flexibility index (Phi) is 9.00. The van der Waals surface area contributed by atoms with Crippen LogP contribution < -0.4 is 9.62 Å². The van der Waals surface area contributed by atoms with Crippen LogP contribution in [0.2, 0.25) is 5.02 Å². The Labute approximate surface area is 273 Å². The normalized spacial score (nSPS) is 17.3. The molecule has 9 nitrogen and oxygen atoms in total. The van der Waals surface area contributed by atoms with Crippen LogP contribution in [0.4, 0.5) is 10.1 Å². The summed E-state index contributed by atoms with van der Waals surface area (Å²) in [6, 6.07) is 16.9. The standard InChI is InChI=1S/C34H36ClFN6O3S/c1-34(2)14-13-25(29(21-34)24-3-5-26(35)6-4-24)22-40-17-19-41(20-18-40)27-7-9-28(10-8-27)46(44,45)39-33(43)31-12-11-30(36)32(38-31)42-16-15-37-23-42/h3-12,15-16,23H,13-14,17-22H2,1-2H3,(H,39,43). The molecule has 4 aromatic rings. The zero-order valence-electron chi connectivity index (χ0n) is 25.8. The zero-order chi connectivity index (χ0) is 32.5. The second-order valence-electron chi connectivity index (χ2n) is 12.6. The third-order valence-electron chi connectivity index (χ3n) is 8.71. The first-order valence-electron chi connectivity index (χ1n) is 15.2. The molecule has 12 heteroatoms. The summed E-state index contributed by atoms with van der Waals surface area (Å²) >= 11 is 6.17. The highest BCUT2D eigenvalue weighted by atomic mass is 35.5. The lowest BCUT2D eigenvalue weighted by Gasteiger charge is -2.39. The van der Waals surface area contributed by atoms with Gasteiger partial charge in [-0.15, -0.1) is 0 Å². The number of benzene rings is 2. The predicted molar refractivity (Wildman–Crippen MR) is 177 cm³/mol. The number of rotatable bonds is 8. The average Bonchev–Trinajstić information content (AvgIpc) is 3.58. The first-order valence-corrected chi connectivity index (χ1v) is 17.1. The fraction of sp³-hybridized carbons (Fsp3) is 0.324. The van der Waals surface area contributed by atoms with E-state index in [0.29, 0.717) is 0 Å². The summed E-state index contributed by atoms with van der Waals surface area (Å²) in [5.74, 6) is -1.79. The lowest BCUT2D eigenvalue weighted by Crippen LogP contribution is -2.47. The van der Waals surface area contributed by atoms with Gasteiger partial charge in [0.1, 0.15) is 12.0 Å². The molecule has 1 N–H and O–H groups in total. The van der Waals surface area contributed by atoms with Gasteiger partial charge in [0.05, 0.1) is 4.90 Å². The number of piperazine rings is 1. The van der Waals surface area contributed by atoms with Crippen molar-refractivity contribution in [1.29, 1.82) is 0 Å². The highest BCUT2D eigenvalue weighted by molar-refractivity contribution is 7.90. The molecule has 1 aliphatic carbocycles. The predicted octanol–water partition coefficient (Wildman–Crippen LogP) is 5.96. The summed E-state index contributed by atoms with van der Waals surface area (Å²) in [4.78, 5) is 25.3. The quantitative estimate of drug-likeness (QED) is 0.248. The van der Waals surface area contributed by atoms with Crippen LogP contribution in [0, 0.1) is 11.2 Å². The number of carbonyl (C=O) groups excluding carboxylic acids is 1. The molecule has 1 saturated heterocycles. The fourth-order valence-electron chi connectivity index (χ4n) is 6.09. The fourth-order valence-corrected chi connectivity index (χ4v) is 7.18. The van der Waals surface area contributed by atoms with E-state index < -0.39 is 21.7 Å². The topological polar surface area (TPSA) is 100 Å². The van der Waals surface area contributed by atoms with E-state index in [1.54, 1.807) is 12.1 Å². The molecule has 3 heterocycles. The van der Waals surface area contributed by atoms with Gasteiger partial charge in [0.25, 0.3) is 15.9 Å². The minimum Gasteiger partial charge on any atom is -0.369 e. The Bertz CT molecular complexity index is 1850. The van der Waals surface area contributed by atoms with Gasteiger partial charge in [-0.2, -0.15) is 0 Å². The number of halogens is 2. The molecule has 6 rings (SSSR count). The molecule has 0 saturated carbocycles. The molecule has 1 amide bonds. The van der Waals surface area contributed by atoms with Crippen LogP contribution >= 0.6 is 11.6 Å². The van der Waals surface area contributed by atoms with Crippen LogP contribution in [-0.2, 0) is 10.0 Å². The number of hydrogen-bond donors (Lipinski definition) is 1. The molecule has 2 aliphatic rings. The first kappa shape index (κ1) is 31.9. The maximum atomic E-state index is 14.3. The van der Waals surface area contributed by atoms with Gasteiger partial charge < -0.3 is 4.90 Å². The highest BCUT2D eigenvalue weighted by Crippen LogP contribution is 2.43. The second-order valence-corrected chi connectivity index (χ2v) is 14.7. The number of sulfonamides is 1. The van der Waals surface area contributed by atoms with Crippen molar-refractivity contribution in [3.63, 3.8) is 0 Å². The Morgan fingerprint density at radius 3 is 2.39 bits per heavy atom. The molecule has 1 aliphatic heterocycles. The number of hydrogen-bond acceptors (Lipinski definition) is 7. The van der Waals surface area contributed by atoms with E-state index in [-0.39, 0.29) is 21.8 Å². The van der Waals surface area contributed by atoms with Crippen LogP contribution in [0.15, 0.2) is 89.9 Å². The maximum absolute atomic E-state index is 14.3. The number of aromatic nitrogens is 3. The number of carbonyl (C=O) groups is 1. The van der Waals surface area contributed by atoms with Crippen LogP contribution in [0.1, 0.15) is 49.2 Å². The smallest absolute Gasteiger partial charge is 0.283 e. The van der Waals surface area contributed by atoms with Crippen molar-refractivity contribution in [2.45, 2.75) is 38.0 Å². The van der Waals surface area contributed by atoms with Crippen molar-refractivity contribution >= 4 is 38.8 Å². The Morgan fingerprint density at radius 1 is 1.00 bits per heavy atom. The van der Waals surface area contributed by atoms with E-state index in [0.717, 1.165) is 68.4 Å². The SMILES string of the molecule is CC1(C)CCC(CN2CCN(c3ccc(S(=O)(=O)NC(=O)c4ccc(F)c(-n5ccnc5)n4)cc3)CC2)=C(c2ccc(Cl)cc2)C1. The van der Waals surface area contributed by atoms with E-state index in [9.17, 15) is 17.6 Å². The number of amides is 1. The van der Waals surface area contributed by atoms with Crippen LogP contribution in [0.5, 0.6) is 0 Å². The number of nitrogens with zero attached hydrogens (tertiary/aromatic N) is 5. The number of anilines is 1. The van der Waals surface area contributed by atoms with E-state index in [2.05, 4.69) is 45.7 Å². The van der Waals surface area contributed by atoms with E-state index in [1.165, 1.54) is 58.6 Å². The Morgan fingerprint density at radius 2 is 1.72 bits per heavy atom. The van der Waals surface area contributed by atoms with Crippen LogP contribution in [0.3, 0.4) is 0 Å². The largest absolute Gasteiger partial charge is 0.369 e. The third kappa shape index (κ3) is 7.16. The summed E-state index contributed by atoms with van der Waals surface area (Å²) in [6.07, 6.45) is 7.55. The van der Waals surface area contributed by atoms with Crippen molar-refractivity contribution < 1.29 is 17.6 Å². The Balaban J connectivity index is 1.08. The summed E-state index contributed by atoms with van der Waals surface area (Å²) in [5, 5.41) is 0.746. The highest BCUT2D eigenvalue weighted by Gasteiger charge is 2.29. The molecule has 2 aromatic heterocycles. The molecular weight excluding hydrogens is 627 g/mol. The lowest BCUT2D eigenvalue weighted by molar-refractivity contribution is 0.0976. The molecule has 1 fully saturated rings. The Hall–Kier alpha value is -4.06. The van der Waals surface area contributed by atoms with E-state index in [4.69, 9.17) is 11.6 Å². The van der Waals surface area contributed by atoms with E-state index in [1.807, 2.05) is 16.9 Å². The van der Waals surface area contributed by atoms with Crippen molar-refractivity contribution in [2.24, 2.45) is 5.41 Å². The maximum Gasteiger partial charge on any atom is 0.283 e. The minimum absolute atomic E-state index is 0.0536. The molecule has 240 valence electrons. The van der Waals surface area contributed by atoms with Gasteiger partial charge in [0.15, 0.2) is 11.6 Å². The molecule has 0 radical (unpaired) electrons. The number of nitrogens with one attached hydrogen (secondary N) is 1. The third-order valence-corrected chi connectivity index (χ3v) is 10.3. The van der Waals surface area contributed by atoms with Gasteiger partial charge in [0.2, 0.25) is 0 Å². The van der Waals surface area contributed by atoms with Crippen molar-refractivity contribution in [2.75, 3.05) is 37.6 Å². The molecule has 46 heavy (non-hydrogen) atoms. The molecule has 0 atom stereocenters. The van der Waals surface area contributed by atoms with Crippen molar-refractivity contribution in [3.8, 4) is 5.82 Å². The summed E-state index contributed by atoms with van der Waals surface area (Å²) < 4.78 is 43.6. The van der Waals surface area contributed by atoms with Gasteiger partial charge in [0, 0.05) is 55.8 Å². The molecule has 2 aromatic carbocycles. The van der Waals surface area contributed by atoms with Crippen molar-refractivity contribution in [3.05, 3.63) is 107 Å². The average molecular weight is 663 g/mol. The van der Waals surface area contributed by atoms with Gasteiger partial charge in [-0.1, -0.05) is 43.2 Å². The molecule has 0 spiro atoms. The minimum atomic E-state index is -4.19. The van der Waals surface area contributed by atoms with Gasteiger partial charge >= 0.3 is 0 Å². The number of allylic oxidation sites excluding steroid dienone is 1. The zero-order valence-corrected chi connectivity index (χ0v) is 27.4. The second kappa shape index (κ2) is 13.0. The van der Waals surface area contributed by atoms with Gasteiger partial charge in [-0.05, 0) is 84.3 Å². The first-order chi connectivity index (χ1) is 22.0. The molecular formula is C34H36ClFN6O3S. The van der Waals surface area contributed by atoms with Crippen LogP contribution in [0.25, 0.3) is 11.4 Å². The molecule has 0 unspecified atom stereocenters. The lowest BCUT2D eigenvalue weighted by atomic mass is 9.72. The number of imidazole rings is 1. The summed E-state index contributed by atoms with van der Waals surface area (Å²) in [6.45, 7) is 9.02. The van der Waals surface area contributed by atoms with Gasteiger partial charge in [-0.25, -0.2) is 27.5 Å². The van der Waals surface area contributed by atoms with Gasteiger partial charge in [-0.3, -0.25) is 14.3 Å².